The summed E-state index contributed by atoms with van der Waals surface area (Å²) in [5, 5.41) is 14.5. The van der Waals surface area contributed by atoms with Crippen molar-refractivity contribution in [2.24, 2.45) is 0 Å². The average molecular weight is 450 g/mol. The third kappa shape index (κ3) is 4.96. The van der Waals surface area contributed by atoms with Gasteiger partial charge in [-0.25, -0.2) is 0 Å². The zero-order valence-corrected chi connectivity index (χ0v) is 18.2. The molecule has 2 heterocycles. The predicted molar refractivity (Wildman–Crippen MR) is 125 cm³/mol. The molecule has 0 fully saturated rings. The molecule has 0 spiro atoms. The van der Waals surface area contributed by atoms with Gasteiger partial charge in [0.15, 0.2) is 10.6 Å². The maximum absolute atomic E-state index is 12.7. The van der Waals surface area contributed by atoms with E-state index in [9.17, 15) is 9.59 Å². The number of carbonyl (C=O) groups excluding carboxylic acids is 2. The summed E-state index contributed by atoms with van der Waals surface area (Å²) < 4.78 is 2.01. The van der Waals surface area contributed by atoms with Gasteiger partial charge in [0.2, 0.25) is 5.91 Å². The molecule has 0 unspecified atom stereocenters. The molecule has 0 bridgehead atoms. The Kier molecular flexibility index (Phi) is 6.06. The van der Waals surface area contributed by atoms with Gasteiger partial charge in [0.05, 0.1) is 4.88 Å². The van der Waals surface area contributed by atoms with Crippen molar-refractivity contribution in [3.05, 3.63) is 81.3 Å². The number of nitrogens with one attached hydrogen (secondary N) is 3. The minimum atomic E-state index is -0.257. The molecule has 4 aromatic rings. The molecule has 0 aliphatic rings. The number of nitrogens with zero attached hydrogens (tertiary/aromatic N) is 2. The number of hydrogen-bond acceptors (Lipinski definition) is 5. The predicted octanol–water partition coefficient (Wildman–Crippen LogP) is 4.87. The molecule has 31 heavy (non-hydrogen) atoms. The van der Waals surface area contributed by atoms with Crippen molar-refractivity contribution in [2.45, 2.75) is 13.5 Å². The fourth-order valence-electron chi connectivity index (χ4n) is 3.01. The third-order valence-corrected chi connectivity index (χ3v) is 5.70. The van der Waals surface area contributed by atoms with E-state index in [4.69, 9.17) is 12.2 Å². The first kappa shape index (κ1) is 20.7. The summed E-state index contributed by atoms with van der Waals surface area (Å²) in [5.41, 5.74) is 3.16. The topological polar surface area (TPSA) is 91.8 Å². The molecule has 9 heteroatoms. The van der Waals surface area contributed by atoms with Gasteiger partial charge in [0.25, 0.3) is 5.91 Å². The number of aromatic nitrogens is 3. The van der Waals surface area contributed by atoms with Crippen LogP contribution < -0.4 is 10.6 Å². The highest BCUT2D eigenvalue weighted by atomic mass is 32.1. The molecule has 3 N–H and O–H groups in total. The summed E-state index contributed by atoms with van der Waals surface area (Å²) in [6, 6.07) is 18.4. The van der Waals surface area contributed by atoms with E-state index in [0.717, 1.165) is 11.1 Å². The van der Waals surface area contributed by atoms with Gasteiger partial charge in [-0.2, -0.15) is 5.10 Å². The molecule has 0 saturated carbocycles. The van der Waals surface area contributed by atoms with Gasteiger partial charge in [-0.15, -0.1) is 11.3 Å². The maximum atomic E-state index is 12.7. The molecule has 2 aromatic carbocycles. The molecule has 156 valence electrons. The monoisotopic (exact) mass is 449 g/mol. The lowest BCUT2D eigenvalue weighted by Crippen LogP contribution is -2.19. The molecule has 0 atom stereocenters. The Balaban J connectivity index is 1.46. The van der Waals surface area contributed by atoms with Crippen molar-refractivity contribution in [3.63, 3.8) is 0 Å². The number of aromatic amines is 1. The molecule has 0 aliphatic heterocycles. The molecular formula is C22H19N5O2S2. The maximum Gasteiger partial charge on any atom is 0.265 e. The minimum Gasteiger partial charge on any atom is -0.324 e. The largest absolute Gasteiger partial charge is 0.324 e. The van der Waals surface area contributed by atoms with Gasteiger partial charge in [0, 0.05) is 16.9 Å². The van der Waals surface area contributed by atoms with Crippen LogP contribution in [0, 0.1) is 11.7 Å². The Bertz CT molecular complexity index is 1270. The Morgan fingerprint density at radius 2 is 1.81 bits per heavy atom. The van der Waals surface area contributed by atoms with Crippen LogP contribution in [-0.4, -0.2) is 26.6 Å². The SMILES string of the molecule is Cc1ccc(-c2n[nH]c(=S)n2CC(=O)Nc2cccc(NC(=O)c3cccs3)c2)cc1. The van der Waals surface area contributed by atoms with Crippen molar-refractivity contribution in [2.75, 3.05) is 10.6 Å². The smallest absolute Gasteiger partial charge is 0.265 e. The number of H-pyrrole nitrogens is 1. The van der Waals surface area contributed by atoms with E-state index in [-0.39, 0.29) is 18.4 Å². The van der Waals surface area contributed by atoms with Crippen molar-refractivity contribution in [1.82, 2.24) is 14.8 Å². The second-order valence-electron chi connectivity index (χ2n) is 6.86. The molecular weight excluding hydrogens is 430 g/mol. The number of anilines is 2. The summed E-state index contributed by atoms with van der Waals surface area (Å²) in [5.74, 6) is 0.149. The van der Waals surface area contributed by atoms with Crippen LogP contribution in [0.3, 0.4) is 0 Å². The molecule has 0 saturated heterocycles. The van der Waals surface area contributed by atoms with E-state index in [2.05, 4.69) is 20.8 Å². The summed E-state index contributed by atoms with van der Waals surface area (Å²) in [7, 11) is 0. The van der Waals surface area contributed by atoms with E-state index in [0.29, 0.717) is 26.8 Å². The van der Waals surface area contributed by atoms with Gasteiger partial charge in [-0.1, -0.05) is 42.0 Å². The second kappa shape index (κ2) is 9.07. The van der Waals surface area contributed by atoms with Crippen LogP contribution in [0.5, 0.6) is 0 Å². The average Bonchev–Trinajstić information content (AvgIpc) is 3.40. The van der Waals surface area contributed by atoms with E-state index in [1.54, 1.807) is 34.9 Å². The standard InChI is InChI=1S/C22H19N5O2S2/c1-14-7-9-15(10-8-14)20-25-26-22(30)27(20)13-19(28)23-16-4-2-5-17(12-16)24-21(29)18-6-3-11-31-18/h2-12H,13H2,1H3,(H,23,28)(H,24,29)(H,26,30). The zero-order chi connectivity index (χ0) is 21.8. The number of hydrogen-bond donors (Lipinski definition) is 3. The highest BCUT2D eigenvalue weighted by molar-refractivity contribution is 7.71. The Morgan fingerprint density at radius 3 is 2.52 bits per heavy atom. The van der Waals surface area contributed by atoms with Crippen LogP contribution in [0.1, 0.15) is 15.2 Å². The number of aryl methyl sites for hydroxylation is 1. The normalized spacial score (nSPS) is 10.6. The Morgan fingerprint density at radius 1 is 1.06 bits per heavy atom. The molecule has 4 rings (SSSR count). The quantitative estimate of drug-likeness (QED) is 0.366. The minimum absolute atomic E-state index is 0.00429. The van der Waals surface area contributed by atoms with E-state index in [1.807, 2.05) is 42.6 Å². The molecule has 0 aliphatic carbocycles. The fourth-order valence-corrected chi connectivity index (χ4v) is 3.82. The van der Waals surface area contributed by atoms with E-state index in [1.165, 1.54) is 11.3 Å². The van der Waals surface area contributed by atoms with Crippen molar-refractivity contribution in [3.8, 4) is 11.4 Å². The van der Waals surface area contributed by atoms with Crippen molar-refractivity contribution >= 4 is 46.7 Å². The van der Waals surface area contributed by atoms with Crippen molar-refractivity contribution < 1.29 is 9.59 Å². The number of rotatable bonds is 6. The third-order valence-electron chi connectivity index (χ3n) is 4.52. The van der Waals surface area contributed by atoms with Crippen LogP contribution in [0.2, 0.25) is 0 Å². The fraction of sp³-hybridized carbons (Fsp3) is 0.0909. The van der Waals surface area contributed by atoms with Gasteiger partial charge >= 0.3 is 0 Å². The van der Waals surface area contributed by atoms with E-state index < -0.39 is 0 Å². The zero-order valence-electron chi connectivity index (χ0n) is 16.6. The number of thiophene rings is 1. The van der Waals surface area contributed by atoms with Crippen LogP contribution in [0.4, 0.5) is 11.4 Å². The molecule has 2 amide bonds. The van der Waals surface area contributed by atoms with Crippen molar-refractivity contribution in [1.29, 1.82) is 0 Å². The number of amides is 2. The summed E-state index contributed by atoms with van der Waals surface area (Å²) in [6.45, 7) is 2.01. The first-order valence-corrected chi connectivity index (χ1v) is 10.8. The first-order chi connectivity index (χ1) is 15.0. The highest BCUT2D eigenvalue weighted by Gasteiger charge is 2.13. The summed E-state index contributed by atoms with van der Waals surface area (Å²) >= 11 is 6.67. The lowest BCUT2D eigenvalue weighted by molar-refractivity contribution is -0.116. The van der Waals surface area contributed by atoms with Crippen LogP contribution in [0.25, 0.3) is 11.4 Å². The first-order valence-electron chi connectivity index (χ1n) is 9.46. The molecule has 0 radical (unpaired) electrons. The lowest BCUT2D eigenvalue weighted by Gasteiger charge is -2.10. The van der Waals surface area contributed by atoms with E-state index >= 15 is 0 Å². The highest BCUT2D eigenvalue weighted by Crippen LogP contribution is 2.20. The Labute approximate surface area is 187 Å². The van der Waals surface area contributed by atoms with Gasteiger partial charge in [0.1, 0.15) is 6.54 Å². The molecule has 2 aromatic heterocycles. The summed E-state index contributed by atoms with van der Waals surface area (Å²) in [6.07, 6.45) is 0. The number of carbonyl (C=O) groups is 2. The molecule has 7 nitrogen and oxygen atoms in total. The second-order valence-corrected chi connectivity index (χ2v) is 8.20. The number of benzene rings is 2. The van der Waals surface area contributed by atoms with Crippen LogP contribution in [-0.2, 0) is 11.3 Å². The van der Waals surface area contributed by atoms with Gasteiger partial charge in [-0.05, 0) is 48.8 Å². The van der Waals surface area contributed by atoms with Crippen LogP contribution in [0.15, 0.2) is 66.0 Å². The van der Waals surface area contributed by atoms with Crippen LogP contribution >= 0.6 is 23.6 Å². The summed E-state index contributed by atoms with van der Waals surface area (Å²) in [4.78, 5) is 25.5. The lowest BCUT2D eigenvalue weighted by atomic mass is 10.1. The van der Waals surface area contributed by atoms with Gasteiger partial charge in [-0.3, -0.25) is 19.3 Å². The Hall–Kier alpha value is -3.56. The van der Waals surface area contributed by atoms with Gasteiger partial charge < -0.3 is 10.6 Å².